The Morgan fingerprint density at radius 2 is 1.24 bits per heavy atom. The highest BCUT2D eigenvalue weighted by molar-refractivity contribution is 7.97. The third-order valence-corrected chi connectivity index (χ3v) is 7.57. The van der Waals surface area contributed by atoms with Gasteiger partial charge in [-0.25, -0.2) is 8.42 Å². The molecule has 3 aromatic rings. The lowest BCUT2D eigenvalue weighted by Crippen LogP contribution is -2.34. The number of rotatable bonds is 9. The second kappa shape index (κ2) is 13.4. The summed E-state index contributed by atoms with van der Waals surface area (Å²) in [6.07, 6.45) is 0.00850. The van der Waals surface area contributed by atoms with Crippen molar-refractivity contribution in [1.82, 2.24) is 0 Å². The molecule has 10 heteroatoms. The summed E-state index contributed by atoms with van der Waals surface area (Å²) in [4.78, 5) is 14.7. The number of hydrogen-bond donors (Lipinski definition) is 0. The minimum Gasteiger partial charge on any atom is -0.743 e. The van der Waals surface area contributed by atoms with Crippen molar-refractivity contribution in [2.24, 2.45) is 0 Å². The number of benzene rings is 3. The van der Waals surface area contributed by atoms with Crippen molar-refractivity contribution < 1.29 is 31.3 Å². The lowest BCUT2D eigenvalue weighted by molar-refractivity contribution is -0.149. The molecule has 0 radical (unpaired) electrons. The molecule has 34 heavy (non-hydrogen) atoms. The molecule has 0 N–H and O–H groups in total. The van der Waals surface area contributed by atoms with Gasteiger partial charge in [0.2, 0.25) is 0 Å². The van der Waals surface area contributed by atoms with E-state index in [0.717, 1.165) is 0 Å². The third-order valence-electron chi connectivity index (χ3n) is 4.22. The van der Waals surface area contributed by atoms with E-state index in [2.05, 4.69) is 95.7 Å². The van der Waals surface area contributed by atoms with E-state index in [0.29, 0.717) is 0 Å². The van der Waals surface area contributed by atoms with Crippen LogP contribution in [0.3, 0.4) is 0 Å². The zero-order valence-corrected chi connectivity index (χ0v) is 20.4. The Morgan fingerprint density at radius 3 is 1.56 bits per heavy atom. The second-order valence-corrected chi connectivity index (χ2v) is 10.7. The Hall–Kier alpha value is -2.46. The fraction of sp³-hybridized carbons (Fsp3) is 0.208. The fourth-order valence-electron chi connectivity index (χ4n) is 2.60. The molecule has 0 fully saturated rings. The van der Waals surface area contributed by atoms with Gasteiger partial charge < -0.3 is 9.29 Å². The van der Waals surface area contributed by atoms with Gasteiger partial charge in [-0.3, -0.25) is 4.79 Å². The molecule has 0 aromatic heterocycles. The lowest BCUT2D eigenvalue weighted by atomic mass is 10.3. The Kier molecular flexibility index (Phi) is 11.0. The van der Waals surface area contributed by atoms with Crippen molar-refractivity contribution in [2.75, 3.05) is 12.5 Å². The number of hydrogen-bond acceptors (Lipinski definition) is 5. The number of halogens is 3. The Bertz CT molecular complexity index is 1020. The summed E-state index contributed by atoms with van der Waals surface area (Å²) >= 11 is 5.21. The van der Waals surface area contributed by atoms with Crippen LogP contribution in [0, 0.1) is 0 Å². The van der Waals surface area contributed by atoms with Crippen molar-refractivity contribution in [1.29, 1.82) is 0 Å². The number of carbonyl (C=O) groups excluding carboxylic acids is 1. The number of esters is 1. The normalized spacial score (nSPS) is 11.4. The molecule has 0 heterocycles. The molecule has 0 aliphatic carbocycles. The van der Waals surface area contributed by atoms with Gasteiger partial charge in [-0.1, -0.05) is 54.6 Å². The molecule has 0 amide bonds. The molecule has 0 saturated carbocycles. The van der Waals surface area contributed by atoms with E-state index < -0.39 is 27.9 Å². The van der Waals surface area contributed by atoms with Crippen molar-refractivity contribution in [2.45, 2.75) is 32.8 Å². The van der Waals surface area contributed by atoms with Crippen LogP contribution >= 0.6 is 11.6 Å². The summed E-state index contributed by atoms with van der Waals surface area (Å²) in [5, 5.41) is -4.59. The van der Waals surface area contributed by atoms with Crippen LogP contribution in [0.15, 0.2) is 106 Å². The molecular weight excluding hydrogens is 506 g/mol. The van der Waals surface area contributed by atoms with Gasteiger partial charge in [0.05, 0.1) is 10.9 Å². The molecule has 0 spiro atoms. The molecule has 5 nitrogen and oxygen atoms in total. The van der Waals surface area contributed by atoms with E-state index in [4.69, 9.17) is 11.6 Å². The maximum absolute atomic E-state index is 12.4. The number of alkyl halides is 3. The van der Waals surface area contributed by atoms with E-state index in [1.165, 1.54) is 14.7 Å². The van der Waals surface area contributed by atoms with Crippen LogP contribution < -0.4 is 0 Å². The summed E-state index contributed by atoms with van der Waals surface area (Å²) in [5.74, 6) is -0.885. The number of carbonyl (C=O) groups is 1. The van der Waals surface area contributed by atoms with E-state index in [9.17, 15) is 26.5 Å². The lowest BCUT2D eigenvalue weighted by Gasteiger charge is -2.19. The highest BCUT2D eigenvalue weighted by Crippen LogP contribution is 2.30. The average Bonchev–Trinajstić information content (AvgIpc) is 2.83. The molecule has 0 atom stereocenters. The smallest absolute Gasteiger partial charge is 0.367 e. The maximum Gasteiger partial charge on any atom is 0.367 e. The van der Waals surface area contributed by atoms with Crippen LogP contribution in [0.2, 0.25) is 0 Å². The van der Waals surface area contributed by atoms with Crippen LogP contribution in [0.5, 0.6) is 0 Å². The predicted molar refractivity (Wildman–Crippen MR) is 127 cm³/mol. The van der Waals surface area contributed by atoms with E-state index >= 15 is 0 Å². The first-order valence-corrected chi connectivity index (χ1v) is 13.3. The van der Waals surface area contributed by atoms with Gasteiger partial charge in [0, 0.05) is 12.3 Å². The van der Waals surface area contributed by atoms with Crippen LogP contribution in [0.25, 0.3) is 0 Å². The van der Waals surface area contributed by atoms with E-state index in [1.807, 2.05) is 0 Å². The van der Waals surface area contributed by atoms with Gasteiger partial charge in [0.25, 0.3) is 0 Å². The fourth-order valence-corrected chi connectivity index (χ4v) is 5.04. The highest BCUT2D eigenvalue weighted by atomic mass is 35.5. The molecule has 3 rings (SSSR count). The summed E-state index contributed by atoms with van der Waals surface area (Å²) in [5.41, 5.74) is 0. The molecule has 0 bridgehead atoms. The summed E-state index contributed by atoms with van der Waals surface area (Å²) in [6.45, 7) is -1.76. The van der Waals surface area contributed by atoms with Gasteiger partial charge in [0.1, 0.15) is 0 Å². The van der Waals surface area contributed by atoms with Crippen LogP contribution in [-0.4, -0.2) is 36.7 Å². The minimum absolute atomic E-state index is 0.0146. The molecule has 3 aromatic carbocycles. The zero-order valence-electron chi connectivity index (χ0n) is 18.0. The Labute approximate surface area is 205 Å². The predicted octanol–water partition coefficient (Wildman–Crippen LogP) is 5.47. The molecule has 182 valence electrons. The van der Waals surface area contributed by atoms with Gasteiger partial charge in [-0.2, -0.15) is 8.78 Å². The van der Waals surface area contributed by atoms with Crippen molar-refractivity contribution >= 4 is 38.6 Å². The van der Waals surface area contributed by atoms with E-state index in [-0.39, 0.29) is 29.6 Å². The highest BCUT2D eigenvalue weighted by Gasteiger charge is 2.39. The quantitative estimate of drug-likeness (QED) is 0.159. The van der Waals surface area contributed by atoms with Crippen LogP contribution in [0.1, 0.15) is 12.8 Å². The summed E-state index contributed by atoms with van der Waals surface area (Å²) in [6, 6.07) is 32.2. The first-order chi connectivity index (χ1) is 16.2. The molecular formula is C24H23ClF2O5S2. The minimum atomic E-state index is -5.81. The van der Waals surface area contributed by atoms with Crippen LogP contribution in [0.4, 0.5) is 8.78 Å². The van der Waals surface area contributed by atoms with Gasteiger partial charge in [-0.05, 0) is 42.8 Å². The summed E-state index contributed by atoms with van der Waals surface area (Å²) in [7, 11) is -5.82. The average molecular weight is 529 g/mol. The Morgan fingerprint density at radius 1 is 0.853 bits per heavy atom. The Balaban J connectivity index is 0.000000249. The molecule has 0 aliphatic heterocycles. The van der Waals surface area contributed by atoms with Gasteiger partial charge >= 0.3 is 11.2 Å². The maximum atomic E-state index is 12.4. The van der Waals surface area contributed by atoms with Crippen LogP contribution in [-0.2, 0) is 30.5 Å². The summed E-state index contributed by atoms with van der Waals surface area (Å²) < 4.78 is 58.6. The molecule has 0 unspecified atom stereocenters. The second-order valence-electron chi connectivity index (χ2n) is 6.79. The van der Waals surface area contributed by atoms with E-state index in [1.54, 1.807) is 0 Å². The topological polar surface area (TPSA) is 83.5 Å². The van der Waals surface area contributed by atoms with Crippen molar-refractivity contribution in [3.05, 3.63) is 91.0 Å². The zero-order chi connectivity index (χ0) is 25.0. The number of ether oxygens (including phenoxy) is 1. The van der Waals surface area contributed by atoms with Crippen molar-refractivity contribution in [3.8, 4) is 0 Å². The largest absolute Gasteiger partial charge is 0.743 e. The van der Waals surface area contributed by atoms with Gasteiger partial charge in [-0.15, -0.1) is 11.6 Å². The third kappa shape index (κ3) is 8.72. The monoisotopic (exact) mass is 528 g/mol. The standard InChI is InChI=1S/C18H15S.C6H9ClF2O5S/c1-4-10-16(11-5-1)19(17-12-6-2-7-13-17)18-14-8-3-9-15-18;7-3-1-2-5(10)14-4-6(8,9)15(11,12)13/h1-15H;1-4H2,(H,11,12,13)/q+1;/p-1. The SMILES string of the molecule is O=C(CCCCl)OCC(F)(F)S(=O)(=O)[O-].c1ccc([S+](c2ccccc2)c2ccccc2)cc1. The van der Waals surface area contributed by atoms with Crippen molar-refractivity contribution in [3.63, 3.8) is 0 Å². The first-order valence-electron chi connectivity index (χ1n) is 10.1. The van der Waals surface area contributed by atoms with Gasteiger partial charge in [0.15, 0.2) is 31.4 Å². The molecule has 0 aliphatic rings. The first kappa shape index (κ1) is 27.8. The molecule has 0 saturated heterocycles.